The first-order valence-electron chi connectivity index (χ1n) is 10.3. The van der Waals surface area contributed by atoms with Gasteiger partial charge in [-0.25, -0.2) is 13.8 Å². The largest absolute Gasteiger partial charge is 0.481 e. The normalized spacial score (nSPS) is 15.9. The van der Waals surface area contributed by atoms with Crippen LogP contribution in [0.5, 0.6) is 5.88 Å². The minimum absolute atomic E-state index is 0.0315. The van der Waals surface area contributed by atoms with Crippen molar-refractivity contribution in [3.63, 3.8) is 0 Å². The molecule has 0 saturated carbocycles. The van der Waals surface area contributed by atoms with Gasteiger partial charge in [0.25, 0.3) is 0 Å². The fourth-order valence-corrected chi connectivity index (χ4v) is 3.82. The number of rotatable bonds is 8. The lowest BCUT2D eigenvalue weighted by molar-refractivity contribution is -0.136. The average Bonchev–Trinajstić information content (AvgIpc) is 2.79. The molecule has 2 heterocycles. The predicted octanol–water partition coefficient (Wildman–Crippen LogP) is 3.73. The predicted molar refractivity (Wildman–Crippen MR) is 116 cm³/mol. The summed E-state index contributed by atoms with van der Waals surface area (Å²) >= 11 is 0. The first kappa shape index (κ1) is 21.7. The number of hydrogen-bond donors (Lipinski definition) is 3. The van der Waals surface area contributed by atoms with E-state index in [0.717, 1.165) is 17.3 Å². The molecular weight excluding hydrogens is 416 g/mol. The van der Waals surface area contributed by atoms with Gasteiger partial charge in [-0.2, -0.15) is 0 Å². The van der Waals surface area contributed by atoms with Crippen molar-refractivity contribution >= 4 is 11.7 Å². The smallest absolute Gasteiger partial charge is 0.307 e. The number of hydrogen-bond acceptors (Lipinski definition) is 5. The molecule has 3 N–H and O–H groups in total. The molecule has 166 valence electrons. The Hall–Kier alpha value is -3.52. The molecule has 32 heavy (non-hydrogen) atoms. The number of carboxylic acid groups (broad SMARTS) is 1. The van der Waals surface area contributed by atoms with Crippen LogP contribution >= 0.6 is 0 Å². The number of halogens is 2. The lowest BCUT2D eigenvalue weighted by Gasteiger charge is -2.33. The number of ether oxygens (including phenoxy) is 1. The van der Waals surface area contributed by atoms with Crippen molar-refractivity contribution in [1.82, 2.24) is 10.3 Å². The second-order valence-corrected chi connectivity index (χ2v) is 7.59. The first-order valence-corrected chi connectivity index (χ1v) is 10.3. The molecule has 6 nitrogen and oxygen atoms in total. The summed E-state index contributed by atoms with van der Waals surface area (Å²) in [7, 11) is 0. The zero-order valence-corrected chi connectivity index (χ0v) is 17.2. The van der Waals surface area contributed by atoms with Gasteiger partial charge in [0, 0.05) is 12.3 Å². The van der Waals surface area contributed by atoms with Crippen LogP contribution < -0.4 is 15.4 Å². The number of aromatic nitrogens is 1. The molecule has 0 saturated heterocycles. The highest BCUT2D eigenvalue weighted by Gasteiger charge is 2.29. The van der Waals surface area contributed by atoms with E-state index in [9.17, 15) is 13.6 Å². The minimum Gasteiger partial charge on any atom is -0.481 e. The topological polar surface area (TPSA) is 83.5 Å². The van der Waals surface area contributed by atoms with E-state index < -0.39 is 24.0 Å². The summed E-state index contributed by atoms with van der Waals surface area (Å²) in [4.78, 5) is 15.2. The van der Waals surface area contributed by atoms with Crippen molar-refractivity contribution in [3.05, 3.63) is 89.1 Å². The quantitative estimate of drug-likeness (QED) is 0.496. The van der Waals surface area contributed by atoms with Crippen molar-refractivity contribution < 1.29 is 23.4 Å². The summed E-state index contributed by atoms with van der Waals surface area (Å²) in [5.41, 5.74) is 2.06. The molecule has 1 aliphatic heterocycles. The van der Waals surface area contributed by atoms with E-state index in [-0.39, 0.29) is 29.7 Å². The lowest BCUT2D eigenvalue weighted by atomic mass is 9.99. The van der Waals surface area contributed by atoms with E-state index in [0.29, 0.717) is 19.0 Å². The van der Waals surface area contributed by atoms with E-state index in [2.05, 4.69) is 15.6 Å². The van der Waals surface area contributed by atoms with E-state index in [4.69, 9.17) is 9.84 Å². The standard InChI is InChI=1S/C24H23F2N3O3/c25-18-13-19(26)17(12-22(30)31)11-16(18)8-10-27-23(15-5-2-1-3-6-15)21-14-29-20-7-4-9-28-24(20)32-21/h1-7,9,11,13,21,23,27,29H,8,10,12,14H2,(H,30,31)/t21-,23-/m1/s1. The molecule has 0 bridgehead atoms. The Balaban J connectivity index is 1.49. The molecule has 2 atom stereocenters. The van der Waals surface area contributed by atoms with Crippen LogP contribution in [-0.4, -0.2) is 35.3 Å². The fourth-order valence-electron chi connectivity index (χ4n) is 3.82. The van der Waals surface area contributed by atoms with Gasteiger partial charge in [0.15, 0.2) is 0 Å². The number of fused-ring (bicyclic) bond motifs is 1. The molecule has 8 heteroatoms. The van der Waals surface area contributed by atoms with Crippen molar-refractivity contribution in [2.24, 2.45) is 0 Å². The van der Waals surface area contributed by atoms with Gasteiger partial charge in [0.2, 0.25) is 5.88 Å². The van der Waals surface area contributed by atoms with Crippen molar-refractivity contribution in [2.75, 3.05) is 18.4 Å². The molecule has 2 aromatic carbocycles. The van der Waals surface area contributed by atoms with Crippen molar-refractivity contribution in [3.8, 4) is 5.88 Å². The Morgan fingerprint density at radius 3 is 2.72 bits per heavy atom. The Morgan fingerprint density at radius 1 is 1.16 bits per heavy atom. The Labute approximate surface area is 184 Å². The molecule has 3 aromatic rings. The second kappa shape index (κ2) is 9.74. The van der Waals surface area contributed by atoms with Gasteiger partial charge in [0.1, 0.15) is 17.7 Å². The zero-order valence-electron chi connectivity index (χ0n) is 17.2. The van der Waals surface area contributed by atoms with Crippen LogP contribution in [0.4, 0.5) is 14.5 Å². The molecule has 0 fully saturated rings. The summed E-state index contributed by atoms with van der Waals surface area (Å²) in [6.07, 6.45) is 1.17. The summed E-state index contributed by atoms with van der Waals surface area (Å²) in [5, 5.41) is 15.7. The van der Waals surface area contributed by atoms with E-state index >= 15 is 0 Å². The molecule has 0 spiro atoms. The zero-order chi connectivity index (χ0) is 22.5. The van der Waals surface area contributed by atoms with Crippen LogP contribution in [0, 0.1) is 11.6 Å². The van der Waals surface area contributed by atoms with E-state index in [1.54, 1.807) is 6.20 Å². The number of benzene rings is 2. The highest BCUT2D eigenvalue weighted by Crippen LogP contribution is 2.30. The number of carbonyl (C=O) groups is 1. The third-order valence-electron chi connectivity index (χ3n) is 5.37. The maximum atomic E-state index is 14.3. The molecular formula is C24H23F2N3O3. The molecule has 4 rings (SSSR count). The van der Waals surface area contributed by atoms with E-state index in [1.165, 1.54) is 6.07 Å². The highest BCUT2D eigenvalue weighted by atomic mass is 19.1. The van der Waals surface area contributed by atoms with Crippen LogP contribution in [0.2, 0.25) is 0 Å². The van der Waals surface area contributed by atoms with E-state index in [1.807, 2.05) is 42.5 Å². The van der Waals surface area contributed by atoms with Crippen LogP contribution in [0.3, 0.4) is 0 Å². The molecule has 1 aliphatic rings. The average molecular weight is 439 g/mol. The number of aliphatic carboxylic acids is 1. The van der Waals surface area contributed by atoms with Gasteiger partial charge in [-0.3, -0.25) is 4.79 Å². The molecule has 0 unspecified atom stereocenters. The number of nitrogens with zero attached hydrogens (tertiary/aromatic N) is 1. The Kier molecular flexibility index (Phi) is 6.61. The van der Waals surface area contributed by atoms with Gasteiger partial charge < -0.3 is 20.5 Å². The monoisotopic (exact) mass is 439 g/mol. The summed E-state index contributed by atoms with van der Waals surface area (Å²) < 4.78 is 34.3. The van der Waals surface area contributed by atoms with Gasteiger partial charge in [-0.15, -0.1) is 0 Å². The summed E-state index contributed by atoms with van der Waals surface area (Å²) in [6, 6.07) is 15.3. The SMILES string of the molecule is O=C(O)Cc1cc(CCN[C@H](c2ccccc2)[C@H]2CNc3cccnc3O2)c(F)cc1F. The number of anilines is 1. The van der Waals surface area contributed by atoms with Gasteiger partial charge in [0.05, 0.1) is 24.7 Å². The number of carboxylic acids is 1. The minimum atomic E-state index is -1.17. The number of nitrogens with one attached hydrogen (secondary N) is 2. The number of pyridine rings is 1. The fraction of sp³-hybridized carbons (Fsp3) is 0.250. The van der Waals surface area contributed by atoms with Crippen LogP contribution in [-0.2, 0) is 17.6 Å². The molecule has 0 amide bonds. The van der Waals surface area contributed by atoms with Gasteiger partial charge in [-0.05, 0) is 47.9 Å². The molecule has 0 aliphatic carbocycles. The van der Waals surface area contributed by atoms with Crippen LogP contribution in [0.15, 0.2) is 60.8 Å². The Morgan fingerprint density at radius 2 is 1.94 bits per heavy atom. The maximum absolute atomic E-state index is 14.3. The van der Waals surface area contributed by atoms with Crippen molar-refractivity contribution in [1.29, 1.82) is 0 Å². The lowest BCUT2D eigenvalue weighted by Crippen LogP contribution is -2.43. The van der Waals surface area contributed by atoms with Gasteiger partial charge in [-0.1, -0.05) is 30.3 Å². The highest BCUT2D eigenvalue weighted by molar-refractivity contribution is 5.70. The second-order valence-electron chi connectivity index (χ2n) is 7.59. The summed E-state index contributed by atoms with van der Waals surface area (Å²) in [5.74, 6) is -2.19. The maximum Gasteiger partial charge on any atom is 0.307 e. The summed E-state index contributed by atoms with van der Waals surface area (Å²) in [6.45, 7) is 0.933. The third-order valence-corrected chi connectivity index (χ3v) is 5.37. The van der Waals surface area contributed by atoms with Gasteiger partial charge >= 0.3 is 5.97 Å². The molecule has 1 aromatic heterocycles. The van der Waals surface area contributed by atoms with Crippen LogP contribution in [0.25, 0.3) is 0 Å². The van der Waals surface area contributed by atoms with Crippen LogP contribution in [0.1, 0.15) is 22.7 Å². The third kappa shape index (κ3) is 5.03. The Bertz CT molecular complexity index is 1100. The van der Waals surface area contributed by atoms with Crippen molar-refractivity contribution in [2.45, 2.75) is 25.0 Å². The molecule has 0 radical (unpaired) electrons. The first-order chi connectivity index (χ1) is 15.5.